The molecule has 1 atom stereocenters. The molecule has 196 valence electrons. The van der Waals surface area contributed by atoms with Crippen molar-refractivity contribution in [1.29, 1.82) is 0 Å². The van der Waals surface area contributed by atoms with E-state index >= 15 is 0 Å². The largest absolute Gasteiger partial charge is 0.489 e. The van der Waals surface area contributed by atoms with E-state index in [1.165, 1.54) is 11.1 Å². The first-order valence-corrected chi connectivity index (χ1v) is 13.5. The molecule has 1 heterocycles. The second-order valence-corrected chi connectivity index (χ2v) is 10.6. The molecule has 1 N–H and O–H groups in total. The Morgan fingerprint density at radius 3 is 2.14 bits per heavy atom. The fraction of sp³-hybridized carbons (Fsp3) is 0.387. The summed E-state index contributed by atoms with van der Waals surface area (Å²) in [7, 11) is 3.99. The van der Waals surface area contributed by atoms with E-state index < -0.39 is 0 Å². The molecule has 1 aliphatic heterocycles. The maximum atomic E-state index is 12.5. The Kier molecular flexibility index (Phi) is 9.62. The van der Waals surface area contributed by atoms with Crippen LogP contribution in [0.15, 0.2) is 78.9 Å². The minimum Gasteiger partial charge on any atom is -0.489 e. The van der Waals surface area contributed by atoms with Crippen LogP contribution in [0.1, 0.15) is 47.2 Å². The van der Waals surface area contributed by atoms with E-state index in [0.29, 0.717) is 28.8 Å². The predicted octanol–water partition coefficient (Wildman–Crippen LogP) is 5.70. The highest BCUT2D eigenvalue weighted by Gasteiger charge is 2.25. The summed E-state index contributed by atoms with van der Waals surface area (Å²) >= 11 is 6.52. The summed E-state index contributed by atoms with van der Waals surface area (Å²) in [5.74, 6) is 0.861. The van der Waals surface area contributed by atoms with Gasteiger partial charge in [0.15, 0.2) is 0 Å². The molecule has 4 rings (SSSR count). The van der Waals surface area contributed by atoms with Crippen molar-refractivity contribution in [3.05, 3.63) is 101 Å². The van der Waals surface area contributed by atoms with Gasteiger partial charge in [0.05, 0.1) is 5.02 Å². The van der Waals surface area contributed by atoms with Gasteiger partial charge in [-0.15, -0.1) is 0 Å². The van der Waals surface area contributed by atoms with E-state index in [1.807, 2.05) is 20.2 Å². The zero-order valence-corrected chi connectivity index (χ0v) is 22.8. The van der Waals surface area contributed by atoms with Crippen molar-refractivity contribution in [1.82, 2.24) is 15.1 Å². The molecule has 1 unspecified atom stereocenters. The predicted molar refractivity (Wildman–Crippen MR) is 152 cm³/mol. The number of carbonyl (C=O) groups excluding carboxylic acids is 1. The molecular formula is C31H38ClN3O2. The van der Waals surface area contributed by atoms with Crippen molar-refractivity contribution >= 4 is 17.5 Å². The van der Waals surface area contributed by atoms with Gasteiger partial charge in [-0.1, -0.05) is 72.3 Å². The molecule has 0 spiro atoms. The Morgan fingerprint density at radius 1 is 1.00 bits per heavy atom. The van der Waals surface area contributed by atoms with Crippen molar-refractivity contribution in [2.24, 2.45) is 0 Å². The molecule has 3 aromatic carbocycles. The highest BCUT2D eigenvalue weighted by Crippen LogP contribution is 2.30. The standard InChI is InChI=1S/C31H38ClN3O2/c1-23(34(2)3)21-33-31(36)26-14-15-30(29(32)20-26)37-27-16-18-35(19-17-27)22-28(24-10-6-4-7-11-24)25-12-8-5-9-13-25/h4-15,20,23,27-28H,16-19,21-22H2,1-3H3,(H,33,36). The van der Waals surface area contributed by atoms with E-state index in [0.717, 1.165) is 32.5 Å². The average Bonchev–Trinajstić information content (AvgIpc) is 2.93. The van der Waals surface area contributed by atoms with Crippen LogP contribution < -0.4 is 10.1 Å². The van der Waals surface area contributed by atoms with Gasteiger partial charge in [-0.2, -0.15) is 0 Å². The lowest BCUT2D eigenvalue weighted by molar-refractivity contribution is 0.0942. The number of nitrogens with one attached hydrogen (secondary N) is 1. The molecule has 1 fully saturated rings. The van der Waals surface area contributed by atoms with Gasteiger partial charge in [0.1, 0.15) is 11.9 Å². The molecule has 3 aromatic rings. The number of rotatable bonds is 10. The Bertz CT molecular complexity index is 1090. The summed E-state index contributed by atoms with van der Waals surface area (Å²) < 4.78 is 6.28. The zero-order chi connectivity index (χ0) is 26.2. The van der Waals surface area contributed by atoms with E-state index in [1.54, 1.807) is 12.1 Å². The molecule has 0 bridgehead atoms. The molecule has 0 aromatic heterocycles. The quantitative estimate of drug-likeness (QED) is 0.373. The van der Waals surface area contributed by atoms with Crippen LogP contribution in [0, 0.1) is 0 Å². The lowest BCUT2D eigenvalue weighted by Gasteiger charge is -2.34. The van der Waals surface area contributed by atoms with Crippen LogP contribution >= 0.6 is 11.6 Å². The third-order valence-electron chi connectivity index (χ3n) is 7.31. The molecule has 1 saturated heterocycles. The molecule has 6 heteroatoms. The van der Waals surface area contributed by atoms with Crippen LogP contribution in [0.3, 0.4) is 0 Å². The number of nitrogens with zero attached hydrogens (tertiary/aromatic N) is 2. The highest BCUT2D eigenvalue weighted by atomic mass is 35.5. The molecular weight excluding hydrogens is 482 g/mol. The summed E-state index contributed by atoms with van der Waals surface area (Å²) in [4.78, 5) is 17.1. The van der Waals surface area contributed by atoms with Gasteiger partial charge in [-0.3, -0.25) is 4.79 Å². The number of piperidine rings is 1. The smallest absolute Gasteiger partial charge is 0.251 e. The molecule has 0 aliphatic carbocycles. The molecule has 0 saturated carbocycles. The fourth-order valence-electron chi connectivity index (χ4n) is 4.68. The summed E-state index contributed by atoms with van der Waals surface area (Å²) in [6.07, 6.45) is 2.00. The Morgan fingerprint density at radius 2 is 1.59 bits per heavy atom. The van der Waals surface area contributed by atoms with Gasteiger partial charge in [0.25, 0.3) is 5.91 Å². The maximum absolute atomic E-state index is 12.5. The number of ether oxygens (including phenoxy) is 1. The molecule has 1 amide bonds. The number of hydrogen-bond donors (Lipinski definition) is 1. The Hall–Kier alpha value is -2.86. The van der Waals surface area contributed by atoms with Crippen molar-refractivity contribution in [3.63, 3.8) is 0 Å². The number of likely N-dealkylation sites (N-methyl/N-ethyl adjacent to an activating group) is 1. The number of halogens is 1. The average molecular weight is 520 g/mol. The summed E-state index contributed by atoms with van der Waals surface area (Å²) in [5.41, 5.74) is 3.24. The van der Waals surface area contributed by atoms with Crippen LogP contribution in [-0.4, -0.2) is 68.1 Å². The van der Waals surface area contributed by atoms with Crippen molar-refractivity contribution in [2.45, 2.75) is 37.8 Å². The monoisotopic (exact) mass is 519 g/mol. The summed E-state index contributed by atoms with van der Waals surface area (Å²) in [6, 6.07) is 27.1. The van der Waals surface area contributed by atoms with Crippen LogP contribution in [-0.2, 0) is 0 Å². The van der Waals surface area contributed by atoms with Crippen LogP contribution in [0.4, 0.5) is 0 Å². The highest BCUT2D eigenvalue weighted by molar-refractivity contribution is 6.32. The molecule has 0 radical (unpaired) electrons. The van der Waals surface area contributed by atoms with Gasteiger partial charge in [0.2, 0.25) is 0 Å². The van der Waals surface area contributed by atoms with Gasteiger partial charge in [-0.05, 0) is 63.2 Å². The van der Waals surface area contributed by atoms with Crippen molar-refractivity contribution in [2.75, 3.05) is 40.3 Å². The van der Waals surface area contributed by atoms with Gasteiger partial charge in [-0.25, -0.2) is 0 Å². The van der Waals surface area contributed by atoms with Gasteiger partial charge in [0, 0.05) is 43.7 Å². The lowest BCUT2D eigenvalue weighted by atomic mass is 9.90. The second kappa shape index (κ2) is 13.1. The van der Waals surface area contributed by atoms with Gasteiger partial charge < -0.3 is 19.9 Å². The lowest BCUT2D eigenvalue weighted by Crippen LogP contribution is -2.40. The topological polar surface area (TPSA) is 44.8 Å². The van der Waals surface area contributed by atoms with E-state index in [-0.39, 0.29) is 18.1 Å². The first-order chi connectivity index (χ1) is 17.9. The summed E-state index contributed by atoms with van der Waals surface area (Å²) in [5, 5.41) is 3.44. The second-order valence-electron chi connectivity index (χ2n) is 10.2. The number of amides is 1. The number of likely N-dealkylation sites (tertiary alicyclic amines) is 1. The van der Waals surface area contributed by atoms with E-state index in [2.05, 4.69) is 82.7 Å². The van der Waals surface area contributed by atoms with E-state index in [9.17, 15) is 4.79 Å². The van der Waals surface area contributed by atoms with Gasteiger partial charge >= 0.3 is 0 Å². The minimum absolute atomic E-state index is 0.112. The SMILES string of the molecule is CC(CNC(=O)c1ccc(OC2CCN(CC(c3ccccc3)c3ccccc3)CC2)c(Cl)c1)N(C)C. The first-order valence-electron chi connectivity index (χ1n) is 13.1. The Balaban J connectivity index is 1.31. The molecule has 1 aliphatic rings. The van der Waals surface area contributed by atoms with Crippen molar-refractivity contribution < 1.29 is 9.53 Å². The summed E-state index contributed by atoms with van der Waals surface area (Å²) in [6.45, 7) is 5.58. The third kappa shape index (κ3) is 7.57. The zero-order valence-electron chi connectivity index (χ0n) is 22.1. The normalized spacial score (nSPS) is 15.6. The van der Waals surface area contributed by atoms with Crippen molar-refractivity contribution in [3.8, 4) is 5.75 Å². The van der Waals surface area contributed by atoms with Crippen LogP contribution in [0.5, 0.6) is 5.75 Å². The molecule has 37 heavy (non-hydrogen) atoms. The maximum Gasteiger partial charge on any atom is 0.251 e. The van der Waals surface area contributed by atoms with E-state index in [4.69, 9.17) is 16.3 Å². The number of hydrogen-bond acceptors (Lipinski definition) is 4. The number of benzene rings is 3. The first kappa shape index (κ1) is 27.2. The Labute approximate surface area is 226 Å². The number of carbonyl (C=O) groups is 1. The minimum atomic E-state index is -0.123. The van der Waals surface area contributed by atoms with Crippen LogP contribution in [0.2, 0.25) is 5.02 Å². The third-order valence-corrected chi connectivity index (χ3v) is 7.60. The molecule has 5 nitrogen and oxygen atoms in total. The fourth-order valence-corrected chi connectivity index (χ4v) is 4.91. The van der Waals surface area contributed by atoms with Crippen LogP contribution in [0.25, 0.3) is 0 Å².